The molecule has 0 aliphatic rings. The second kappa shape index (κ2) is 8.16. The van der Waals surface area contributed by atoms with Crippen LogP contribution in [0.1, 0.15) is 17.3 Å². The molecule has 1 N–H and O–H groups in total. The standard InChI is InChI=1S/C25H20N6O2/c1-16(33)27-20-9-7-18(8-10-20)19-4-3-5-21(13-19)30(2)24-22-11-6-17(14-32)12-23(22)31-15-26-29-25(31)28-24/h3-15H,1-2H3,(H,27,33). The lowest BCUT2D eigenvalue weighted by Crippen LogP contribution is -2.13. The molecule has 162 valence electrons. The van der Waals surface area contributed by atoms with Gasteiger partial charge in [-0.1, -0.05) is 30.3 Å². The highest BCUT2D eigenvalue weighted by Gasteiger charge is 2.15. The van der Waals surface area contributed by atoms with E-state index in [1.54, 1.807) is 16.8 Å². The van der Waals surface area contributed by atoms with Crippen LogP contribution in [0, 0.1) is 0 Å². The molecule has 8 nitrogen and oxygen atoms in total. The minimum atomic E-state index is -0.101. The average Bonchev–Trinajstić information content (AvgIpc) is 3.32. The molecule has 0 saturated heterocycles. The van der Waals surface area contributed by atoms with Crippen LogP contribution in [-0.2, 0) is 4.79 Å². The predicted molar refractivity (Wildman–Crippen MR) is 128 cm³/mol. The van der Waals surface area contributed by atoms with Crippen LogP contribution < -0.4 is 10.2 Å². The topological polar surface area (TPSA) is 92.5 Å². The zero-order valence-electron chi connectivity index (χ0n) is 18.1. The van der Waals surface area contributed by atoms with Crippen LogP contribution in [0.3, 0.4) is 0 Å². The smallest absolute Gasteiger partial charge is 0.257 e. The molecule has 0 fully saturated rings. The van der Waals surface area contributed by atoms with Gasteiger partial charge in [0.1, 0.15) is 18.4 Å². The van der Waals surface area contributed by atoms with E-state index in [2.05, 4.69) is 21.6 Å². The highest BCUT2D eigenvalue weighted by molar-refractivity contribution is 5.96. The molecule has 8 heteroatoms. The van der Waals surface area contributed by atoms with Crippen molar-refractivity contribution in [2.24, 2.45) is 0 Å². The summed E-state index contributed by atoms with van der Waals surface area (Å²) in [5, 5.41) is 11.7. The van der Waals surface area contributed by atoms with Gasteiger partial charge in [-0.15, -0.1) is 10.2 Å². The van der Waals surface area contributed by atoms with E-state index in [9.17, 15) is 9.59 Å². The monoisotopic (exact) mass is 436 g/mol. The van der Waals surface area contributed by atoms with E-state index in [0.29, 0.717) is 17.2 Å². The predicted octanol–water partition coefficient (Wildman–Crippen LogP) is 4.48. The molecular formula is C25H20N6O2. The zero-order valence-corrected chi connectivity index (χ0v) is 18.1. The van der Waals surface area contributed by atoms with Gasteiger partial charge < -0.3 is 10.2 Å². The number of fused-ring (bicyclic) bond motifs is 3. The van der Waals surface area contributed by atoms with Gasteiger partial charge in [0.05, 0.1) is 5.52 Å². The molecule has 0 bridgehead atoms. The lowest BCUT2D eigenvalue weighted by molar-refractivity contribution is -0.114. The number of nitrogens with one attached hydrogen (secondary N) is 1. The average molecular weight is 436 g/mol. The van der Waals surface area contributed by atoms with Crippen molar-refractivity contribution in [1.29, 1.82) is 0 Å². The summed E-state index contributed by atoms with van der Waals surface area (Å²) in [6.07, 6.45) is 2.41. The van der Waals surface area contributed by atoms with E-state index >= 15 is 0 Å². The summed E-state index contributed by atoms with van der Waals surface area (Å²) in [6, 6.07) is 21.3. The van der Waals surface area contributed by atoms with E-state index < -0.39 is 0 Å². The van der Waals surface area contributed by atoms with Gasteiger partial charge in [0.25, 0.3) is 5.78 Å². The first-order valence-electron chi connectivity index (χ1n) is 10.3. The third-order valence-corrected chi connectivity index (χ3v) is 5.48. The zero-order chi connectivity index (χ0) is 22.9. The second-order valence-corrected chi connectivity index (χ2v) is 7.70. The fourth-order valence-electron chi connectivity index (χ4n) is 3.86. The fraction of sp³-hybridized carbons (Fsp3) is 0.0800. The Bertz CT molecular complexity index is 1510. The molecule has 0 atom stereocenters. The number of carbonyl (C=O) groups excluding carboxylic acids is 2. The number of amides is 1. The van der Waals surface area contributed by atoms with Gasteiger partial charge in [0.15, 0.2) is 0 Å². The Hall–Kier alpha value is -4.59. The van der Waals surface area contributed by atoms with E-state index in [-0.39, 0.29) is 5.91 Å². The number of rotatable bonds is 5. The van der Waals surface area contributed by atoms with Crippen molar-refractivity contribution >= 4 is 46.1 Å². The van der Waals surface area contributed by atoms with E-state index in [1.165, 1.54) is 6.92 Å². The molecule has 0 radical (unpaired) electrons. The summed E-state index contributed by atoms with van der Waals surface area (Å²) in [5.74, 6) is 1.06. The summed E-state index contributed by atoms with van der Waals surface area (Å²) < 4.78 is 1.77. The van der Waals surface area contributed by atoms with Crippen LogP contribution in [0.2, 0.25) is 0 Å². The molecule has 0 saturated carbocycles. The first-order chi connectivity index (χ1) is 16.0. The van der Waals surface area contributed by atoms with Crippen LogP contribution in [-0.4, -0.2) is 38.8 Å². The van der Waals surface area contributed by atoms with Gasteiger partial charge in [-0.3, -0.25) is 14.0 Å². The third-order valence-electron chi connectivity index (χ3n) is 5.48. The lowest BCUT2D eigenvalue weighted by atomic mass is 10.0. The first-order valence-corrected chi connectivity index (χ1v) is 10.3. The van der Waals surface area contributed by atoms with Crippen molar-refractivity contribution < 1.29 is 9.59 Å². The number of anilines is 3. The van der Waals surface area contributed by atoms with Crippen molar-refractivity contribution in [3.8, 4) is 11.1 Å². The van der Waals surface area contributed by atoms with Crippen molar-refractivity contribution in [2.75, 3.05) is 17.3 Å². The van der Waals surface area contributed by atoms with E-state index in [4.69, 9.17) is 4.98 Å². The lowest BCUT2D eigenvalue weighted by Gasteiger charge is -2.21. The maximum Gasteiger partial charge on any atom is 0.257 e. The van der Waals surface area contributed by atoms with Crippen LogP contribution in [0.15, 0.2) is 73.1 Å². The Morgan fingerprint density at radius 2 is 1.85 bits per heavy atom. The molecule has 0 aliphatic heterocycles. The Morgan fingerprint density at radius 1 is 1.03 bits per heavy atom. The second-order valence-electron chi connectivity index (χ2n) is 7.70. The molecule has 33 heavy (non-hydrogen) atoms. The number of aromatic nitrogens is 4. The summed E-state index contributed by atoms with van der Waals surface area (Å²) in [5.41, 5.74) is 5.13. The van der Waals surface area contributed by atoms with E-state index in [0.717, 1.165) is 39.7 Å². The van der Waals surface area contributed by atoms with Crippen molar-refractivity contribution in [3.63, 3.8) is 0 Å². The highest BCUT2D eigenvalue weighted by atomic mass is 16.1. The molecule has 0 unspecified atom stereocenters. The van der Waals surface area contributed by atoms with Crippen LogP contribution in [0.4, 0.5) is 17.2 Å². The minimum Gasteiger partial charge on any atom is -0.329 e. The van der Waals surface area contributed by atoms with Gasteiger partial charge in [-0.25, -0.2) is 0 Å². The number of hydrogen-bond donors (Lipinski definition) is 1. The van der Waals surface area contributed by atoms with Gasteiger partial charge >= 0.3 is 0 Å². The van der Waals surface area contributed by atoms with Gasteiger partial charge in [0, 0.05) is 36.3 Å². The normalized spacial score (nSPS) is 11.0. The van der Waals surface area contributed by atoms with Crippen LogP contribution in [0.25, 0.3) is 27.8 Å². The largest absolute Gasteiger partial charge is 0.329 e. The molecule has 3 aromatic carbocycles. The number of hydrogen-bond acceptors (Lipinski definition) is 6. The Labute approximate surface area is 189 Å². The molecule has 0 spiro atoms. The molecule has 5 rings (SSSR count). The maximum atomic E-state index is 11.3. The van der Waals surface area contributed by atoms with Gasteiger partial charge in [0.2, 0.25) is 5.91 Å². The number of aldehydes is 1. The molecule has 0 aliphatic carbocycles. The van der Waals surface area contributed by atoms with E-state index in [1.807, 2.05) is 66.5 Å². The van der Waals surface area contributed by atoms with Gasteiger partial charge in [-0.05, 0) is 47.5 Å². The summed E-state index contributed by atoms with van der Waals surface area (Å²) in [4.78, 5) is 29.3. The molecule has 2 aromatic heterocycles. The third kappa shape index (κ3) is 3.78. The van der Waals surface area contributed by atoms with Crippen LogP contribution >= 0.6 is 0 Å². The van der Waals surface area contributed by atoms with Crippen molar-refractivity contribution in [2.45, 2.75) is 6.92 Å². The van der Waals surface area contributed by atoms with Crippen molar-refractivity contribution in [3.05, 3.63) is 78.6 Å². The number of nitrogens with zero attached hydrogens (tertiary/aromatic N) is 5. The minimum absolute atomic E-state index is 0.101. The molecule has 5 aromatic rings. The summed E-state index contributed by atoms with van der Waals surface area (Å²) in [6.45, 7) is 1.49. The summed E-state index contributed by atoms with van der Waals surface area (Å²) >= 11 is 0. The Morgan fingerprint density at radius 3 is 2.61 bits per heavy atom. The Balaban J connectivity index is 1.56. The first kappa shape index (κ1) is 20.3. The Kier molecular flexibility index (Phi) is 5.02. The molecular weight excluding hydrogens is 416 g/mol. The van der Waals surface area contributed by atoms with Gasteiger partial charge in [-0.2, -0.15) is 4.98 Å². The van der Waals surface area contributed by atoms with Crippen molar-refractivity contribution in [1.82, 2.24) is 19.6 Å². The summed E-state index contributed by atoms with van der Waals surface area (Å²) in [7, 11) is 1.95. The highest BCUT2D eigenvalue weighted by Crippen LogP contribution is 2.33. The quantitative estimate of drug-likeness (QED) is 0.408. The molecule has 1 amide bonds. The SMILES string of the molecule is CC(=O)Nc1ccc(-c2cccc(N(C)c3nc4nncn4c4cc(C=O)ccc34)c2)cc1. The molecule has 2 heterocycles. The number of benzene rings is 3. The fourth-order valence-corrected chi connectivity index (χ4v) is 3.86. The number of carbonyl (C=O) groups is 2. The maximum absolute atomic E-state index is 11.3. The van der Waals surface area contributed by atoms with Crippen LogP contribution in [0.5, 0.6) is 0 Å².